The molecule has 6 heteroatoms. The average molecular weight is 395 g/mol. The quantitative estimate of drug-likeness (QED) is 0.505. The molecule has 1 spiro atoms. The second-order valence-electron chi connectivity index (χ2n) is 9.77. The molecule has 1 N–H and O–H groups in total. The minimum absolute atomic E-state index is 0.0314. The number of hydrogen-bond donors (Lipinski definition) is 1. The highest BCUT2D eigenvalue weighted by Crippen LogP contribution is 2.69. The van der Waals surface area contributed by atoms with Gasteiger partial charge in [-0.2, -0.15) is 0 Å². The van der Waals surface area contributed by atoms with Crippen molar-refractivity contribution in [2.45, 2.75) is 69.5 Å². The van der Waals surface area contributed by atoms with E-state index in [0.29, 0.717) is 13.0 Å². The third-order valence-corrected chi connectivity index (χ3v) is 9.41. The second kappa shape index (κ2) is 5.50. The van der Waals surface area contributed by atoms with Crippen LogP contribution >= 0.6 is 11.6 Å². The van der Waals surface area contributed by atoms with Crippen molar-refractivity contribution in [2.75, 3.05) is 6.61 Å². The molecule has 3 aliphatic carbocycles. The molecule has 0 aromatic carbocycles. The van der Waals surface area contributed by atoms with E-state index in [4.69, 9.17) is 21.1 Å². The fourth-order valence-electron chi connectivity index (χ4n) is 7.44. The smallest absolute Gasteiger partial charge is 0.330 e. The Kier molecular flexibility index (Phi) is 3.67. The van der Waals surface area contributed by atoms with Gasteiger partial charge >= 0.3 is 11.9 Å². The van der Waals surface area contributed by atoms with E-state index in [9.17, 15) is 14.7 Å². The standard InChI is InChI=1S/C21H27ClO5/c1-19-10-26-15(24)9-13(19)17(22)18(25)16-11(19)3-6-20(2)12(16)4-7-21(20)8-5-14(23)27-21/h9,11-12,16-18,25H,3-8,10H2,1-2H3/t11-,12-,16+,17-,18-,19+,20-,21+/m0/s1. The number of esters is 2. The van der Waals surface area contributed by atoms with Crippen molar-refractivity contribution in [3.05, 3.63) is 11.6 Å². The first-order valence-corrected chi connectivity index (χ1v) is 10.6. The summed E-state index contributed by atoms with van der Waals surface area (Å²) < 4.78 is 11.3. The van der Waals surface area contributed by atoms with Crippen LogP contribution in [0.1, 0.15) is 52.4 Å². The number of halogens is 1. The zero-order chi connectivity index (χ0) is 19.2. The lowest BCUT2D eigenvalue weighted by molar-refractivity contribution is -0.178. The Bertz CT molecular complexity index is 749. The molecule has 2 aliphatic heterocycles. The van der Waals surface area contributed by atoms with Crippen molar-refractivity contribution in [1.29, 1.82) is 0 Å². The van der Waals surface area contributed by atoms with Gasteiger partial charge in [-0.25, -0.2) is 4.79 Å². The van der Waals surface area contributed by atoms with Crippen LogP contribution in [0.5, 0.6) is 0 Å². The van der Waals surface area contributed by atoms with Gasteiger partial charge in [-0.15, -0.1) is 11.6 Å². The lowest BCUT2D eigenvalue weighted by Crippen LogP contribution is -2.62. The van der Waals surface area contributed by atoms with Crippen molar-refractivity contribution in [1.82, 2.24) is 0 Å². The molecular weight excluding hydrogens is 368 g/mol. The number of alkyl halides is 1. The van der Waals surface area contributed by atoms with Crippen molar-refractivity contribution in [2.24, 2.45) is 28.6 Å². The molecular formula is C21H27ClO5. The van der Waals surface area contributed by atoms with E-state index in [-0.39, 0.29) is 46.1 Å². The third kappa shape index (κ3) is 2.10. The van der Waals surface area contributed by atoms with Crippen molar-refractivity contribution in [3.8, 4) is 0 Å². The predicted molar refractivity (Wildman–Crippen MR) is 97.9 cm³/mol. The van der Waals surface area contributed by atoms with Crippen LogP contribution in [0.25, 0.3) is 0 Å². The van der Waals surface area contributed by atoms with Crippen molar-refractivity contribution in [3.63, 3.8) is 0 Å². The molecule has 0 amide bonds. The van der Waals surface area contributed by atoms with E-state index in [0.717, 1.165) is 37.7 Å². The fourth-order valence-corrected chi connectivity index (χ4v) is 7.92. The lowest BCUT2D eigenvalue weighted by Gasteiger charge is -2.60. The normalized spacial score (nSPS) is 53.9. The number of rotatable bonds is 0. The van der Waals surface area contributed by atoms with Crippen LogP contribution in [0.3, 0.4) is 0 Å². The number of carbonyl (C=O) groups excluding carboxylic acids is 2. The summed E-state index contributed by atoms with van der Waals surface area (Å²) in [7, 11) is 0. The van der Waals surface area contributed by atoms with Gasteiger partial charge in [0.2, 0.25) is 0 Å². The number of aliphatic hydroxyl groups excluding tert-OH is 1. The zero-order valence-corrected chi connectivity index (χ0v) is 16.6. The van der Waals surface area contributed by atoms with E-state index in [2.05, 4.69) is 13.8 Å². The largest absolute Gasteiger partial charge is 0.462 e. The number of aliphatic hydroxyl groups is 1. The SMILES string of the molecule is C[C@]12COC(=O)C=C1[C@H](Cl)[C@@H](O)[C@@H]1[C@@H]2CC[C@@]2(C)[C@H]1CC[C@@]21CCC(=O)O1. The highest BCUT2D eigenvalue weighted by atomic mass is 35.5. The average Bonchev–Trinajstić information content (AvgIpc) is 3.15. The number of hydrogen-bond acceptors (Lipinski definition) is 5. The van der Waals surface area contributed by atoms with Gasteiger partial charge in [-0.3, -0.25) is 4.79 Å². The van der Waals surface area contributed by atoms with Crippen molar-refractivity contribution >= 4 is 23.5 Å². The van der Waals surface area contributed by atoms with Crippen molar-refractivity contribution < 1.29 is 24.2 Å². The molecule has 1 saturated heterocycles. The van der Waals surface area contributed by atoms with Crippen LogP contribution in [-0.2, 0) is 19.1 Å². The molecule has 148 valence electrons. The zero-order valence-electron chi connectivity index (χ0n) is 15.9. The Hall–Kier alpha value is -1.07. The Morgan fingerprint density at radius 2 is 1.89 bits per heavy atom. The Morgan fingerprint density at radius 3 is 2.59 bits per heavy atom. The number of ether oxygens (including phenoxy) is 2. The molecule has 4 fully saturated rings. The highest BCUT2D eigenvalue weighted by molar-refractivity contribution is 6.23. The monoisotopic (exact) mass is 394 g/mol. The fraction of sp³-hybridized carbons (Fsp3) is 0.810. The summed E-state index contributed by atoms with van der Waals surface area (Å²) in [5.74, 6) is 0.0531. The molecule has 0 aromatic rings. The Morgan fingerprint density at radius 1 is 1.15 bits per heavy atom. The lowest BCUT2D eigenvalue weighted by atomic mass is 9.46. The molecule has 5 aliphatic rings. The molecule has 3 saturated carbocycles. The summed E-state index contributed by atoms with van der Waals surface area (Å²) in [6, 6.07) is 0. The summed E-state index contributed by atoms with van der Waals surface area (Å²) in [5, 5.41) is 10.6. The molecule has 0 radical (unpaired) electrons. The predicted octanol–water partition coefficient (Wildman–Crippen LogP) is 2.98. The van der Waals surface area contributed by atoms with E-state index in [1.54, 1.807) is 0 Å². The molecule has 27 heavy (non-hydrogen) atoms. The molecule has 0 unspecified atom stereocenters. The molecule has 2 heterocycles. The third-order valence-electron chi connectivity index (χ3n) is 8.92. The van der Waals surface area contributed by atoms with Crippen LogP contribution in [0.15, 0.2) is 11.6 Å². The molecule has 5 rings (SSSR count). The van der Waals surface area contributed by atoms with Gasteiger partial charge in [0.15, 0.2) is 0 Å². The summed E-state index contributed by atoms with van der Waals surface area (Å²) in [4.78, 5) is 23.8. The first-order valence-electron chi connectivity index (χ1n) is 10.1. The summed E-state index contributed by atoms with van der Waals surface area (Å²) in [6.07, 6.45) is 5.79. The number of fused-ring (bicyclic) bond motifs is 6. The van der Waals surface area contributed by atoms with Gasteiger partial charge in [-0.05, 0) is 55.4 Å². The molecule has 8 atom stereocenters. The summed E-state index contributed by atoms with van der Waals surface area (Å²) in [5.41, 5.74) is 0.00369. The van der Waals surface area contributed by atoms with Gasteiger partial charge < -0.3 is 14.6 Å². The van der Waals surface area contributed by atoms with Gasteiger partial charge in [0.05, 0.1) is 11.5 Å². The van der Waals surface area contributed by atoms with Gasteiger partial charge in [0.25, 0.3) is 0 Å². The minimum atomic E-state index is -0.696. The van der Waals surface area contributed by atoms with E-state index >= 15 is 0 Å². The van der Waals surface area contributed by atoms with Crippen LogP contribution in [0.4, 0.5) is 0 Å². The maximum absolute atomic E-state index is 11.9. The second-order valence-corrected chi connectivity index (χ2v) is 10.2. The van der Waals surface area contributed by atoms with Crippen LogP contribution in [-0.4, -0.2) is 40.7 Å². The van der Waals surface area contributed by atoms with Gasteiger partial charge in [0.1, 0.15) is 12.2 Å². The maximum atomic E-state index is 11.9. The Labute approximate surface area is 164 Å². The van der Waals surface area contributed by atoms with Crippen LogP contribution in [0, 0.1) is 28.6 Å². The van der Waals surface area contributed by atoms with Gasteiger partial charge in [-0.1, -0.05) is 13.8 Å². The van der Waals surface area contributed by atoms with E-state index < -0.39 is 11.5 Å². The number of carbonyl (C=O) groups is 2. The van der Waals surface area contributed by atoms with Crippen LogP contribution in [0.2, 0.25) is 0 Å². The summed E-state index contributed by atoms with van der Waals surface area (Å²) in [6.45, 7) is 4.72. The van der Waals surface area contributed by atoms with E-state index in [1.165, 1.54) is 6.08 Å². The van der Waals surface area contributed by atoms with Gasteiger partial charge in [0, 0.05) is 23.3 Å². The Balaban J connectivity index is 1.56. The number of cyclic esters (lactones) is 1. The molecule has 0 bridgehead atoms. The first-order chi connectivity index (χ1) is 12.7. The summed E-state index contributed by atoms with van der Waals surface area (Å²) >= 11 is 6.71. The topological polar surface area (TPSA) is 72.8 Å². The molecule has 5 nitrogen and oxygen atoms in total. The maximum Gasteiger partial charge on any atom is 0.330 e. The minimum Gasteiger partial charge on any atom is -0.462 e. The molecule has 0 aromatic heterocycles. The van der Waals surface area contributed by atoms with E-state index in [1.807, 2.05) is 0 Å². The van der Waals surface area contributed by atoms with Crippen LogP contribution < -0.4 is 0 Å². The highest BCUT2D eigenvalue weighted by Gasteiger charge is 2.69. The first kappa shape index (κ1) is 18.0.